The number of fused-ring (bicyclic) bond motifs is 1. The van der Waals surface area contributed by atoms with Gasteiger partial charge in [-0.1, -0.05) is 30.7 Å². The van der Waals surface area contributed by atoms with Gasteiger partial charge in [-0.2, -0.15) is 0 Å². The average Bonchev–Trinajstić information content (AvgIpc) is 3.05. The number of anilines is 1. The molecule has 7 heteroatoms. The number of amides is 2. The van der Waals surface area contributed by atoms with Crippen molar-refractivity contribution in [2.75, 3.05) is 24.5 Å². The van der Waals surface area contributed by atoms with Gasteiger partial charge in [-0.3, -0.25) is 15.0 Å². The van der Waals surface area contributed by atoms with Crippen molar-refractivity contribution in [3.63, 3.8) is 0 Å². The minimum absolute atomic E-state index is 0.0336. The third-order valence-corrected chi connectivity index (χ3v) is 6.28. The molecule has 2 heterocycles. The lowest BCUT2D eigenvalue weighted by Crippen LogP contribution is -2.57. The van der Waals surface area contributed by atoms with Crippen molar-refractivity contribution in [1.29, 1.82) is 0 Å². The van der Waals surface area contributed by atoms with E-state index < -0.39 is 0 Å². The number of rotatable bonds is 2. The smallest absolute Gasteiger partial charge is 0.246 e. The zero-order valence-electron chi connectivity index (χ0n) is 15.0. The standard InChI is InChI=1S/C19H25ClN4O2/c1-12-6-7-15-13(10-12)18(22-21-15)19(26)23-8-9-24(17(25)11-23)16-5-3-2-4-14(16)20/h2-5,12-13,15,18,21-22H,6-11H2,1H3. The van der Waals surface area contributed by atoms with Crippen LogP contribution in [0.15, 0.2) is 24.3 Å². The van der Waals surface area contributed by atoms with Gasteiger partial charge in [0.1, 0.15) is 12.6 Å². The normalized spacial score (nSPS) is 31.8. The van der Waals surface area contributed by atoms with E-state index in [1.807, 2.05) is 18.2 Å². The minimum atomic E-state index is -0.234. The molecule has 1 aromatic rings. The van der Waals surface area contributed by atoms with E-state index in [-0.39, 0.29) is 24.4 Å². The summed E-state index contributed by atoms with van der Waals surface area (Å²) in [4.78, 5) is 29.1. The van der Waals surface area contributed by atoms with Gasteiger partial charge in [-0.25, -0.2) is 5.43 Å². The molecule has 1 aromatic carbocycles. The second kappa shape index (κ2) is 7.18. The highest BCUT2D eigenvalue weighted by Gasteiger charge is 2.45. The molecule has 2 aliphatic heterocycles. The Morgan fingerprint density at radius 2 is 2.00 bits per heavy atom. The Hall–Kier alpha value is -1.63. The van der Waals surface area contributed by atoms with Gasteiger partial charge >= 0.3 is 0 Å². The van der Waals surface area contributed by atoms with Crippen LogP contribution in [0, 0.1) is 11.8 Å². The molecular formula is C19H25ClN4O2. The van der Waals surface area contributed by atoms with Crippen LogP contribution in [0.4, 0.5) is 5.69 Å². The highest BCUT2D eigenvalue weighted by Crippen LogP contribution is 2.34. The molecule has 3 fully saturated rings. The molecule has 2 amide bonds. The second-order valence-corrected chi connectivity index (χ2v) is 8.12. The monoisotopic (exact) mass is 376 g/mol. The van der Waals surface area contributed by atoms with E-state index in [4.69, 9.17) is 11.6 Å². The molecule has 26 heavy (non-hydrogen) atoms. The van der Waals surface area contributed by atoms with Gasteiger partial charge in [0.2, 0.25) is 11.8 Å². The molecule has 4 atom stereocenters. The Morgan fingerprint density at radius 1 is 1.19 bits per heavy atom. The summed E-state index contributed by atoms with van der Waals surface area (Å²) >= 11 is 6.22. The number of hydrogen-bond acceptors (Lipinski definition) is 4. The van der Waals surface area contributed by atoms with E-state index in [1.54, 1.807) is 15.9 Å². The number of benzene rings is 1. The SMILES string of the molecule is CC1CCC2NNC(C(=O)N3CCN(c4ccccc4Cl)C(=O)C3)C2C1. The van der Waals surface area contributed by atoms with Crippen LogP contribution in [0.2, 0.25) is 5.02 Å². The van der Waals surface area contributed by atoms with Gasteiger partial charge in [0.15, 0.2) is 0 Å². The zero-order chi connectivity index (χ0) is 18.3. The summed E-state index contributed by atoms with van der Waals surface area (Å²) in [6.45, 7) is 3.36. The number of carbonyl (C=O) groups is 2. The third-order valence-electron chi connectivity index (χ3n) is 5.96. The Morgan fingerprint density at radius 3 is 2.77 bits per heavy atom. The molecule has 0 spiro atoms. The van der Waals surface area contributed by atoms with Crippen LogP contribution in [-0.2, 0) is 9.59 Å². The van der Waals surface area contributed by atoms with Crippen LogP contribution >= 0.6 is 11.6 Å². The fourth-order valence-electron chi connectivity index (χ4n) is 4.50. The van der Waals surface area contributed by atoms with E-state index in [9.17, 15) is 9.59 Å². The number of para-hydroxylation sites is 1. The fourth-order valence-corrected chi connectivity index (χ4v) is 4.74. The molecule has 3 aliphatic rings. The number of hydrazine groups is 1. The van der Waals surface area contributed by atoms with Crippen LogP contribution in [-0.4, -0.2) is 48.4 Å². The summed E-state index contributed by atoms with van der Waals surface area (Å²) in [5.74, 6) is 0.901. The van der Waals surface area contributed by atoms with E-state index >= 15 is 0 Å². The van der Waals surface area contributed by atoms with Crippen molar-refractivity contribution < 1.29 is 9.59 Å². The maximum absolute atomic E-state index is 13.0. The molecule has 1 aliphatic carbocycles. The van der Waals surface area contributed by atoms with Crippen LogP contribution in [0.5, 0.6) is 0 Å². The second-order valence-electron chi connectivity index (χ2n) is 7.71. The van der Waals surface area contributed by atoms with Crippen molar-refractivity contribution in [2.24, 2.45) is 11.8 Å². The van der Waals surface area contributed by atoms with E-state index in [0.29, 0.717) is 41.7 Å². The summed E-state index contributed by atoms with van der Waals surface area (Å²) in [5.41, 5.74) is 7.20. The van der Waals surface area contributed by atoms with Gasteiger partial charge in [0, 0.05) is 25.0 Å². The molecule has 1 saturated carbocycles. The lowest BCUT2D eigenvalue weighted by atomic mass is 9.76. The molecular weight excluding hydrogens is 352 g/mol. The number of halogens is 1. The molecule has 0 radical (unpaired) electrons. The molecule has 0 bridgehead atoms. The first-order valence-electron chi connectivity index (χ1n) is 9.39. The first-order chi connectivity index (χ1) is 12.5. The number of nitrogens with one attached hydrogen (secondary N) is 2. The summed E-state index contributed by atoms with van der Waals surface area (Å²) in [6.07, 6.45) is 3.35. The minimum Gasteiger partial charge on any atom is -0.330 e. The van der Waals surface area contributed by atoms with Crippen LogP contribution in [0.3, 0.4) is 0 Å². The predicted octanol–water partition coefficient (Wildman–Crippen LogP) is 1.80. The Labute approximate surface area is 158 Å². The predicted molar refractivity (Wildman–Crippen MR) is 101 cm³/mol. The summed E-state index contributed by atoms with van der Waals surface area (Å²) in [7, 11) is 0. The van der Waals surface area contributed by atoms with Crippen LogP contribution in [0.25, 0.3) is 0 Å². The van der Waals surface area contributed by atoms with Crippen molar-refractivity contribution in [3.05, 3.63) is 29.3 Å². The van der Waals surface area contributed by atoms with Gasteiger partial charge in [0.05, 0.1) is 10.7 Å². The van der Waals surface area contributed by atoms with Crippen molar-refractivity contribution in [3.8, 4) is 0 Å². The number of piperazine rings is 1. The molecule has 4 unspecified atom stereocenters. The summed E-state index contributed by atoms with van der Waals surface area (Å²) in [5, 5.41) is 0.557. The first kappa shape index (κ1) is 17.8. The Bertz CT molecular complexity index is 713. The summed E-state index contributed by atoms with van der Waals surface area (Å²) < 4.78 is 0. The van der Waals surface area contributed by atoms with Gasteiger partial charge in [-0.05, 0) is 37.3 Å². The van der Waals surface area contributed by atoms with E-state index in [2.05, 4.69) is 17.8 Å². The zero-order valence-corrected chi connectivity index (χ0v) is 15.7. The van der Waals surface area contributed by atoms with Crippen molar-refractivity contribution in [1.82, 2.24) is 15.8 Å². The Balaban J connectivity index is 1.43. The maximum atomic E-state index is 13.0. The Kier molecular flexibility index (Phi) is 4.90. The van der Waals surface area contributed by atoms with Crippen LogP contribution < -0.4 is 15.8 Å². The highest BCUT2D eigenvalue weighted by molar-refractivity contribution is 6.33. The topological polar surface area (TPSA) is 64.7 Å². The molecule has 2 saturated heterocycles. The van der Waals surface area contributed by atoms with Gasteiger partial charge < -0.3 is 9.80 Å². The fraction of sp³-hybridized carbons (Fsp3) is 0.579. The lowest BCUT2D eigenvalue weighted by Gasteiger charge is -2.37. The largest absolute Gasteiger partial charge is 0.330 e. The quantitative estimate of drug-likeness (QED) is 0.826. The van der Waals surface area contributed by atoms with Crippen LogP contribution in [0.1, 0.15) is 26.2 Å². The summed E-state index contributed by atoms with van der Waals surface area (Å²) in [6, 6.07) is 7.46. The molecule has 6 nitrogen and oxygen atoms in total. The average molecular weight is 377 g/mol. The maximum Gasteiger partial charge on any atom is 0.246 e. The highest BCUT2D eigenvalue weighted by atomic mass is 35.5. The van der Waals surface area contributed by atoms with E-state index in [0.717, 1.165) is 12.8 Å². The van der Waals surface area contributed by atoms with Gasteiger partial charge in [-0.15, -0.1) is 0 Å². The van der Waals surface area contributed by atoms with E-state index in [1.165, 1.54) is 6.42 Å². The molecule has 0 aromatic heterocycles. The van der Waals surface area contributed by atoms with Crippen molar-refractivity contribution >= 4 is 29.1 Å². The third kappa shape index (κ3) is 3.21. The van der Waals surface area contributed by atoms with Gasteiger partial charge in [0.25, 0.3) is 0 Å². The molecule has 2 N–H and O–H groups in total. The molecule has 4 rings (SSSR count). The number of nitrogens with zero attached hydrogens (tertiary/aromatic N) is 2. The van der Waals surface area contributed by atoms with Crippen molar-refractivity contribution in [2.45, 2.75) is 38.3 Å². The molecule has 140 valence electrons. The lowest BCUT2D eigenvalue weighted by molar-refractivity contribution is -0.139. The number of carbonyl (C=O) groups excluding carboxylic acids is 2. The number of hydrogen-bond donors (Lipinski definition) is 2. The first-order valence-corrected chi connectivity index (χ1v) is 9.77.